The van der Waals surface area contributed by atoms with Crippen molar-refractivity contribution in [3.05, 3.63) is 29.3 Å². The maximum absolute atomic E-state index is 9.85. The highest BCUT2D eigenvalue weighted by molar-refractivity contribution is 5.39. The van der Waals surface area contributed by atoms with Gasteiger partial charge in [-0.25, -0.2) is 0 Å². The molecule has 0 aliphatic rings. The van der Waals surface area contributed by atoms with E-state index in [-0.39, 0.29) is 0 Å². The van der Waals surface area contributed by atoms with Gasteiger partial charge in [-0.1, -0.05) is 32.0 Å². The van der Waals surface area contributed by atoms with E-state index in [0.29, 0.717) is 17.7 Å². The Morgan fingerprint density at radius 1 is 1.25 bits per heavy atom. The van der Waals surface area contributed by atoms with Crippen molar-refractivity contribution in [3.8, 4) is 5.75 Å². The molecule has 0 spiro atoms. The number of aryl methyl sites for hydroxylation is 1. The Kier molecular flexibility index (Phi) is 4.81. The monoisotopic (exact) mass is 221 g/mol. The second-order valence-corrected chi connectivity index (χ2v) is 4.99. The lowest BCUT2D eigenvalue weighted by Crippen LogP contribution is -2.26. The number of nitrogens with one attached hydrogen (secondary N) is 1. The smallest absolute Gasteiger partial charge is 0.122 e. The Bertz CT molecular complexity index is 334. The highest BCUT2D eigenvalue weighted by Gasteiger charge is 2.07. The van der Waals surface area contributed by atoms with Gasteiger partial charge in [0.2, 0.25) is 0 Å². The van der Waals surface area contributed by atoms with Gasteiger partial charge in [-0.15, -0.1) is 0 Å². The van der Waals surface area contributed by atoms with Crippen LogP contribution in [0.5, 0.6) is 5.75 Å². The predicted octanol–water partition coefficient (Wildman–Crippen LogP) is 3.22. The van der Waals surface area contributed by atoms with Crippen LogP contribution in [0.25, 0.3) is 0 Å². The maximum atomic E-state index is 9.85. The van der Waals surface area contributed by atoms with E-state index >= 15 is 0 Å². The summed E-state index contributed by atoms with van der Waals surface area (Å²) in [5.41, 5.74) is 1.92. The second kappa shape index (κ2) is 5.90. The standard InChI is InChI=1S/C14H23NO/c1-10(2)8-12(4)15-9-13-7-5-6-11(3)14(13)16/h5-7,10,12,15-16H,8-9H2,1-4H3. The number of hydrogen-bond donors (Lipinski definition) is 2. The SMILES string of the molecule is Cc1cccc(CNC(C)CC(C)C)c1O. The van der Waals surface area contributed by atoms with Crippen LogP contribution in [0.3, 0.4) is 0 Å². The van der Waals surface area contributed by atoms with Crippen LogP contribution in [-0.2, 0) is 6.54 Å². The number of benzene rings is 1. The van der Waals surface area contributed by atoms with Crippen molar-refractivity contribution in [2.24, 2.45) is 5.92 Å². The van der Waals surface area contributed by atoms with Crippen LogP contribution in [-0.4, -0.2) is 11.1 Å². The van der Waals surface area contributed by atoms with Crippen molar-refractivity contribution in [1.82, 2.24) is 5.32 Å². The van der Waals surface area contributed by atoms with Gasteiger partial charge in [0.1, 0.15) is 5.75 Å². The number of aromatic hydroxyl groups is 1. The first-order valence-corrected chi connectivity index (χ1v) is 6.01. The molecule has 2 heteroatoms. The average molecular weight is 221 g/mol. The van der Waals surface area contributed by atoms with E-state index in [2.05, 4.69) is 26.1 Å². The molecule has 1 aromatic rings. The minimum Gasteiger partial charge on any atom is -0.507 e. The largest absolute Gasteiger partial charge is 0.507 e. The third kappa shape index (κ3) is 3.86. The van der Waals surface area contributed by atoms with Crippen molar-refractivity contribution in [1.29, 1.82) is 0 Å². The highest BCUT2D eigenvalue weighted by Crippen LogP contribution is 2.21. The Morgan fingerprint density at radius 2 is 1.94 bits per heavy atom. The first-order chi connectivity index (χ1) is 7.50. The summed E-state index contributed by atoms with van der Waals surface area (Å²) in [5, 5.41) is 13.3. The van der Waals surface area contributed by atoms with E-state index in [1.165, 1.54) is 0 Å². The van der Waals surface area contributed by atoms with Crippen LogP contribution in [0.1, 0.15) is 38.3 Å². The molecule has 0 aliphatic carbocycles. The lowest BCUT2D eigenvalue weighted by molar-refractivity contribution is 0.427. The molecule has 2 N–H and O–H groups in total. The van der Waals surface area contributed by atoms with Crippen molar-refractivity contribution < 1.29 is 5.11 Å². The summed E-state index contributed by atoms with van der Waals surface area (Å²) in [6, 6.07) is 6.37. The molecular weight excluding hydrogens is 198 g/mol. The third-order valence-corrected chi connectivity index (χ3v) is 2.79. The average Bonchev–Trinajstić information content (AvgIpc) is 2.19. The summed E-state index contributed by atoms with van der Waals surface area (Å²) in [5.74, 6) is 1.13. The molecule has 2 nitrogen and oxygen atoms in total. The predicted molar refractivity (Wildman–Crippen MR) is 68.6 cm³/mol. The van der Waals surface area contributed by atoms with E-state index in [4.69, 9.17) is 0 Å². The number of rotatable bonds is 5. The van der Waals surface area contributed by atoms with Gasteiger partial charge in [-0.2, -0.15) is 0 Å². The molecule has 0 amide bonds. The van der Waals surface area contributed by atoms with Crippen LogP contribution in [0.4, 0.5) is 0 Å². The zero-order valence-electron chi connectivity index (χ0n) is 10.7. The fourth-order valence-electron chi connectivity index (χ4n) is 1.94. The Hall–Kier alpha value is -1.02. The second-order valence-electron chi connectivity index (χ2n) is 4.99. The van der Waals surface area contributed by atoms with Crippen LogP contribution in [0.15, 0.2) is 18.2 Å². The number of hydrogen-bond acceptors (Lipinski definition) is 2. The molecule has 0 saturated carbocycles. The minimum absolute atomic E-state index is 0.423. The van der Waals surface area contributed by atoms with Crippen LogP contribution in [0.2, 0.25) is 0 Å². The van der Waals surface area contributed by atoms with Gasteiger partial charge in [-0.3, -0.25) is 0 Å². The highest BCUT2D eigenvalue weighted by atomic mass is 16.3. The first-order valence-electron chi connectivity index (χ1n) is 6.01. The molecule has 0 bridgehead atoms. The third-order valence-electron chi connectivity index (χ3n) is 2.79. The summed E-state index contributed by atoms with van der Waals surface area (Å²) < 4.78 is 0. The molecule has 90 valence electrons. The zero-order chi connectivity index (χ0) is 12.1. The molecule has 0 heterocycles. The molecule has 1 unspecified atom stereocenters. The van der Waals surface area contributed by atoms with E-state index in [1.807, 2.05) is 25.1 Å². The van der Waals surface area contributed by atoms with Crippen LogP contribution < -0.4 is 5.32 Å². The summed E-state index contributed by atoms with van der Waals surface area (Å²) in [4.78, 5) is 0. The molecule has 1 atom stereocenters. The van der Waals surface area contributed by atoms with Crippen LogP contribution >= 0.6 is 0 Å². The van der Waals surface area contributed by atoms with Gasteiger partial charge in [-0.05, 0) is 31.7 Å². The molecule has 0 fully saturated rings. The lowest BCUT2D eigenvalue weighted by Gasteiger charge is -2.16. The van der Waals surface area contributed by atoms with Crippen molar-refractivity contribution in [3.63, 3.8) is 0 Å². The fourth-order valence-corrected chi connectivity index (χ4v) is 1.94. The number of phenols is 1. The van der Waals surface area contributed by atoms with Gasteiger partial charge in [0.25, 0.3) is 0 Å². The first kappa shape index (κ1) is 13.0. The fraction of sp³-hybridized carbons (Fsp3) is 0.571. The van der Waals surface area contributed by atoms with Crippen molar-refractivity contribution in [2.45, 2.75) is 46.7 Å². The molecule has 1 rings (SSSR count). The van der Waals surface area contributed by atoms with Crippen molar-refractivity contribution in [2.75, 3.05) is 0 Å². The van der Waals surface area contributed by atoms with Gasteiger partial charge in [0.15, 0.2) is 0 Å². The normalized spacial score (nSPS) is 13.1. The Labute approximate surface area is 98.7 Å². The molecule has 0 radical (unpaired) electrons. The van der Waals surface area contributed by atoms with E-state index < -0.39 is 0 Å². The van der Waals surface area contributed by atoms with Gasteiger partial charge < -0.3 is 10.4 Å². The molecule has 0 saturated heterocycles. The molecule has 16 heavy (non-hydrogen) atoms. The topological polar surface area (TPSA) is 32.3 Å². The van der Waals surface area contributed by atoms with Crippen LogP contribution in [0, 0.1) is 12.8 Å². The van der Waals surface area contributed by atoms with E-state index in [0.717, 1.165) is 24.1 Å². The van der Waals surface area contributed by atoms with Gasteiger partial charge >= 0.3 is 0 Å². The summed E-state index contributed by atoms with van der Waals surface area (Å²) >= 11 is 0. The zero-order valence-corrected chi connectivity index (χ0v) is 10.7. The maximum Gasteiger partial charge on any atom is 0.122 e. The minimum atomic E-state index is 0.423. The summed E-state index contributed by atoms with van der Waals surface area (Å²) in [6.45, 7) is 9.30. The lowest BCUT2D eigenvalue weighted by atomic mass is 10.0. The van der Waals surface area contributed by atoms with Gasteiger partial charge in [0.05, 0.1) is 0 Å². The quantitative estimate of drug-likeness (QED) is 0.800. The van der Waals surface area contributed by atoms with Gasteiger partial charge in [0, 0.05) is 18.2 Å². The Balaban J connectivity index is 2.51. The number of phenolic OH excluding ortho intramolecular Hbond substituents is 1. The molecule has 0 aromatic heterocycles. The molecule has 0 aliphatic heterocycles. The molecular formula is C14H23NO. The van der Waals surface area contributed by atoms with E-state index in [9.17, 15) is 5.11 Å². The Morgan fingerprint density at radius 3 is 2.56 bits per heavy atom. The summed E-state index contributed by atoms with van der Waals surface area (Å²) in [7, 11) is 0. The van der Waals surface area contributed by atoms with E-state index in [1.54, 1.807) is 0 Å². The number of para-hydroxylation sites is 1. The van der Waals surface area contributed by atoms with Crippen molar-refractivity contribution >= 4 is 0 Å². The molecule has 1 aromatic carbocycles. The summed E-state index contributed by atoms with van der Waals surface area (Å²) in [6.07, 6.45) is 1.16.